The van der Waals surface area contributed by atoms with Gasteiger partial charge in [0.15, 0.2) is 0 Å². The smallest absolute Gasteiger partial charge is 0.230 e. The Bertz CT molecular complexity index is 730. The predicted octanol–water partition coefficient (Wildman–Crippen LogP) is 3.31. The Balaban J connectivity index is 1.40. The lowest BCUT2D eigenvalue weighted by atomic mass is 9.78. The van der Waals surface area contributed by atoms with Crippen molar-refractivity contribution in [3.05, 3.63) is 41.7 Å². The Morgan fingerprint density at radius 1 is 1.19 bits per heavy atom. The lowest BCUT2D eigenvalue weighted by Gasteiger charge is -2.39. The van der Waals surface area contributed by atoms with E-state index in [2.05, 4.69) is 11.1 Å². The first-order valence-electron chi connectivity index (χ1n) is 10.3. The molecule has 4 rings (SSSR count). The molecule has 0 N–H and O–H groups in total. The summed E-state index contributed by atoms with van der Waals surface area (Å²) in [6, 6.07) is 3.93. The normalized spacial score (nSPS) is 25.8. The van der Waals surface area contributed by atoms with Gasteiger partial charge in [-0.05, 0) is 56.6 Å². The van der Waals surface area contributed by atoms with Crippen LogP contribution in [0.2, 0.25) is 0 Å². The molecule has 1 aromatic heterocycles. The fraction of sp³-hybridized carbons (Fsp3) is 0.591. The molecule has 0 bridgehead atoms. The molecule has 5 heteroatoms. The Kier molecular flexibility index (Phi) is 5.28. The number of aromatic nitrogens is 1. The monoisotopic (exact) mass is 367 g/mol. The van der Waals surface area contributed by atoms with Gasteiger partial charge < -0.3 is 9.80 Å². The molecule has 3 aliphatic rings. The number of pyridine rings is 1. The zero-order valence-electron chi connectivity index (χ0n) is 16.0. The van der Waals surface area contributed by atoms with E-state index in [1.165, 1.54) is 18.4 Å². The number of nitrogens with zero attached hydrogens (tertiary/aromatic N) is 3. The van der Waals surface area contributed by atoms with Crippen molar-refractivity contribution in [1.29, 1.82) is 0 Å². The number of piperidine rings is 1. The fourth-order valence-corrected chi connectivity index (χ4v) is 4.85. The molecule has 3 heterocycles. The van der Waals surface area contributed by atoms with Crippen molar-refractivity contribution in [2.24, 2.45) is 5.41 Å². The third kappa shape index (κ3) is 3.92. The van der Waals surface area contributed by atoms with Crippen molar-refractivity contribution in [3.63, 3.8) is 0 Å². The minimum absolute atomic E-state index is 0.206. The standard InChI is InChI=1S/C22H29N3O2/c26-20(14-18-6-2-1-3-7-18)25-13-10-22(17-25)9-5-12-24(21(22)27)16-19-8-4-11-23-15-19/h4,6,8,11,15H,1-3,5,7,9-10,12-14,16-17H2. The van der Waals surface area contributed by atoms with Crippen LogP contribution in [0, 0.1) is 5.41 Å². The van der Waals surface area contributed by atoms with Crippen molar-refractivity contribution in [3.8, 4) is 0 Å². The van der Waals surface area contributed by atoms with Crippen LogP contribution in [-0.2, 0) is 16.1 Å². The minimum Gasteiger partial charge on any atom is -0.341 e. The summed E-state index contributed by atoms with van der Waals surface area (Å²) in [6.45, 7) is 2.74. The largest absolute Gasteiger partial charge is 0.341 e. The number of amides is 2. The molecule has 0 saturated carbocycles. The van der Waals surface area contributed by atoms with Gasteiger partial charge >= 0.3 is 0 Å². The van der Waals surface area contributed by atoms with E-state index in [-0.39, 0.29) is 17.2 Å². The third-order valence-electron chi connectivity index (χ3n) is 6.39. The van der Waals surface area contributed by atoms with E-state index in [1.54, 1.807) is 6.20 Å². The number of allylic oxidation sites excluding steroid dienone is 1. The second-order valence-electron chi connectivity index (χ2n) is 8.32. The van der Waals surface area contributed by atoms with E-state index < -0.39 is 0 Å². The molecule has 1 atom stereocenters. The van der Waals surface area contributed by atoms with E-state index in [9.17, 15) is 9.59 Å². The summed E-state index contributed by atoms with van der Waals surface area (Å²) in [5.41, 5.74) is 2.00. The maximum Gasteiger partial charge on any atom is 0.230 e. The second-order valence-corrected chi connectivity index (χ2v) is 8.32. The molecule has 1 aromatic rings. The Hall–Kier alpha value is -2.17. The van der Waals surface area contributed by atoms with Crippen LogP contribution in [0.3, 0.4) is 0 Å². The van der Waals surface area contributed by atoms with Gasteiger partial charge in [-0.25, -0.2) is 0 Å². The molecule has 2 fully saturated rings. The summed E-state index contributed by atoms with van der Waals surface area (Å²) < 4.78 is 0. The Labute approximate surface area is 161 Å². The zero-order chi connectivity index (χ0) is 18.7. The molecule has 2 amide bonds. The fourth-order valence-electron chi connectivity index (χ4n) is 4.85. The van der Waals surface area contributed by atoms with Gasteiger partial charge in [0.25, 0.3) is 0 Å². The van der Waals surface area contributed by atoms with E-state index in [4.69, 9.17) is 0 Å². The molecule has 1 unspecified atom stereocenters. The first kappa shape index (κ1) is 18.2. The van der Waals surface area contributed by atoms with Crippen molar-refractivity contribution in [1.82, 2.24) is 14.8 Å². The van der Waals surface area contributed by atoms with E-state index in [0.717, 1.165) is 50.8 Å². The lowest BCUT2D eigenvalue weighted by molar-refractivity contribution is -0.146. The van der Waals surface area contributed by atoms with Gasteiger partial charge in [0.05, 0.1) is 5.41 Å². The van der Waals surface area contributed by atoms with Crippen molar-refractivity contribution in [2.45, 2.75) is 57.9 Å². The molecular weight excluding hydrogens is 338 g/mol. The summed E-state index contributed by atoms with van der Waals surface area (Å²) in [6.07, 6.45) is 13.7. The van der Waals surface area contributed by atoms with Gasteiger partial charge in [0.2, 0.25) is 11.8 Å². The number of hydrogen-bond acceptors (Lipinski definition) is 3. The van der Waals surface area contributed by atoms with E-state index in [0.29, 0.717) is 19.5 Å². The third-order valence-corrected chi connectivity index (χ3v) is 6.39. The van der Waals surface area contributed by atoms with Gasteiger partial charge in [-0.1, -0.05) is 17.7 Å². The summed E-state index contributed by atoms with van der Waals surface area (Å²) in [5, 5.41) is 0. The topological polar surface area (TPSA) is 53.5 Å². The van der Waals surface area contributed by atoms with Crippen LogP contribution >= 0.6 is 0 Å². The quantitative estimate of drug-likeness (QED) is 0.767. The molecule has 144 valence electrons. The van der Waals surface area contributed by atoms with Crippen LogP contribution < -0.4 is 0 Å². The first-order chi connectivity index (χ1) is 13.2. The number of carbonyl (C=O) groups excluding carboxylic acids is 2. The molecule has 2 saturated heterocycles. The molecule has 2 aliphatic heterocycles. The van der Waals surface area contributed by atoms with Gasteiger partial charge in [-0.2, -0.15) is 0 Å². The molecule has 27 heavy (non-hydrogen) atoms. The van der Waals surface area contributed by atoms with Gasteiger partial charge in [0, 0.05) is 45.0 Å². The summed E-state index contributed by atoms with van der Waals surface area (Å²) in [7, 11) is 0. The van der Waals surface area contributed by atoms with E-state index in [1.807, 2.05) is 28.1 Å². The Morgan fingerprint density at radius 2 is 2.11 bits per heavy atom. The van der Waals surface area contributed by atoms with Crippen LogP contribution in [0.4, 0.5) is 0 Å². The average molecular weight is 367 g/mol. The van der Waals surface area contributed by atoms with Crippen LogP contribution in [0.1, 0.15) is 56.9 Å². The van der Waals surface area contributed by atoms with Crippen LogP contribution in [-0.4, -0.2) is 46.2 Å². The van der Waals surface area contributed by atoms with Crippen LogP contribution in [0.5, 0.6) is 0 Å². The highest BCUT2D eigenvalue weighted by Gasteiger charge is 2.49. The van der Waals surface area contributed by atoms with Gasteiger partial charge in [-0.15, -0.1) is 0 Å². The molecule has 5 nitrogen and oxygen atoms in total. The maximum atomic E-state index is 13.3. The summed E-state index contributed by atoms with van der Waals surface area (Å²) in [4.78, 5) is 34.1. The minimum atomic E-state index is -0.364. The summed E-state index contributed by atoms with van der Waals surface area (Å²) in [5.74, 6) is 0.432. The molecule has 0 radical (unpaired) electrons. The zero-order valence-corrected chi connectivity index (χ0v) is 16.0. The highest BCUT2D eigenvalue weighted by molar-refractivity contribution is 5.86. The van der Waals surface area contributed by atoms with Crippen molar-refractivity contribution in [2.75, 3.05) is 19.6 Å². The van der Waals surface area contributed by atoms with Crippen LogP contribution in [0.25, 0.3) is 0 Å². The molecule has 1 aliphatic carbocycles. The van der Waals surface area contributed by atoms with E-state index >= 15 is 0 Å². The van der Waals surface area contributed by atoms with Crippen LogP contribution in [0.15, 0.2) is 36.2 Å². The van der Waals surface area contributed by atoms with Crippen molar-refractivity contribution >= 4 is 11.8 Å². The Morgan fingerprint density at radius 3 is 2.89 bits per heavy atom. The highest BCUT2D eigenvalue weighted by atomic mass is 16.2. The average Bonchev–Trinajstić information content (AvgIpc) is 3.13. The number of likely N-dealkylation sites (tertiary alicyclic amines) is 2. The van der Waals surface area contributed by atoms with Crippen molar-refractivity contribution < 1.29 is 9.59 Å². The van der Waals surface area contributed by atoms with Gasteiger partial charge in [0.1, 0.15) is 0 Å². The number of carbonyl (C=O) groups is 2. The molecule has 0 aromatic carbocycles. The number of hydrogen-bond donors (Lipinski definition) is 0. The molecular formula is C22H29N3O2. The predicted molar refractivity (Wildman–Crippen MR) is 104 cm³/mol. The highest BCUT2D eigenvalue weighted by Crippen LogP contribution is 2.41. The molecule has 1 spiro atoms. The lowest BCUT2D eigenvalue weighted by Crippen LogP contribution is -2.50. The maximum absolute atomic E-state index is 13.3. The van der Waals surface area contributed by atoms with Gasteiger partial charge in [-0.3, -0.25) is 14.6 Å². The number of rotatable bonds is 4. The SMILES string of the molecule is O=C(CC1=CCCCC1)N1CCC2(CCCN(Cc3cccnc3)C2=O)C1. The first-order valence-corrected chi connectivity index (χ1v) is 10.3. The summed E-state index contributed by atoms with van der Waals surface area (Å²) >= 11 is 0. The second kappa shape index (κ2) is 7.83.